The summed E-state index contributed by atoms with van der Waals surface area (Å²) in [4.78, 5) is 22.4. The Hall–Kier alpha value is -2.25. The molecule has 0 bridgehead atoms. The number of carbonyl (C=O) groups is 2. The highest BCUT2D eigenvalue weighted by atomic mass is 19.4. The molecular formula is C13H16F3N3O2. The van der Waals surface area contributed by atoms with Crippen molar-refractivity contribution in [3.63, 3.8) is 0 Å². The standard InChI is InChI=1S/C13H16F3N3O2/c1-8-3-4-10(5-9(8)2)17-6-11(20)19-12(21)18-7-13(14,15)16/h3-5,17H,6-7H2,1-2H3,(H2,18,19,20,21). The van der Waals surface area contributed by atoms with Gasteiger partial charge in [-0.25, -0.2) is 4.79 Å². The predicted octanol–water partition coefficient (Wildman–Crippen LogP) is 2.10. The van der Waals surface area contributed by atoms with Crippen LogP contribution in [-0.2, 0) is 4.79 Å². The van der Waals surface area contributed by atoms with Crippen molar-refractivity contribution in [2.45, 2.75) is 20.0 Å². The van der Waals surface area contributed by atoms with E-state index in [-0.39, 0.29) is 6.54 Å². The van der Waals surface area contributed by atoms with E-state index in [4.69, 9.17) is 0 Å². The van der Waals surface area contributed by atoms with Gasteiger partial charge in [-0.3, -0.25) is 10.1 Å². The average Bonchev–Trinajstić information content (AvgIpc) is 2.37. The molecule has 0 spiro atoms. The third kappa shape index (κ3) is 6.64. The van der Waals surface area contributed by atoms with Gasteiger partial charge in [-0.1, -0.05) is 6.07 Å². The lowest BCUT2D eigenvalue weighted by Gasteiger charge is -2.10. The van der Waals surface area contributed by atoms with Crippen LogP contribution < -0.4 is 16.0 Å². The summed E-state index contributed by atoms with van der Waals surface area (Å²) in [5.74, 6) is -0.729. The molecule has 0 aliphatic heterocycles. The lowest BCUT2D eigenvalue weighted by Crippen LogP contribution is -2.45. The molecule has 1 rings (SSSR count). The van der Waals surface area contributed by atoms with E-state index in [1.165, 1.54) is 0 Å². The Bertz CT molecular complexity index is 530. The molecule has 116 valence electrons. The topological polar surface area (TPSA) is 70.2 Å². The van der Waals surface area contributed by atoms with Crippen LogP contribution in [0.5, 0.6) is 0 Å². The lowest BCUT2D eigenvalue weighted by molar-refractivity contribution is -0.124. The van der Waals surface area contributed by atoms with Crippen molar-refractivity contribution < 1.29 is 22.8 Å². The van der Waals surface area contributed by atoms with Crippen molar-refractivity contribution in [2.24, 2.45) is 0 Å². The van der Waals surface area contributed by atoms with E-state index in [0.29, 0.717) is 5.69 Å². The van der Waals surface area contributed by atoms with Crippen LogP contribution in [-0.4, -0.2) is 31.2 Å². The first-order chi connectivity index (χ1) is 9.67. The summed E-state index contributed by atoms with van der Waals surface area (Å²) in [5, 5.41) is 6.12. The number of imide groups is 1. The summed E-state index contributed by atoms with van der Waals surface area (Å²) in [6, 6.07) is 4.27. The van der Waals surface area contributed by atoms with Gasteiger partial charge in [0.2, 0.25) is 5.91 Å². The molecule has 3 amide bonds. The lowest BCUT2D eigenvalue weighted by atomic mass is 10.1. The predicted molar refractivity (Wildman–Crippen MR) is 72.0 cm³/mol. The van der Waals surface area contributed by atoms with Gasteiger partial charge in [0.25, 0.3) is 0 Å². The Morgan fingerprint density at radius 1 is 1.14 bits per heavy atom. The highest BCUT2D eigenvalue weighted by Crippen LogP contribution is 2.13. The molecule has 0 aliphatic carbocycles. The summed E-state index contributed by atoms with van der Waals surface area (Å²) in [6.07, 6.45) is -4.52. The number of anilines is 1. The summed E-state index contributed by atoms with van der Waals surface area (Å²) < 4.78 is 35.6. The van der Waals surface area contributed by atoms with Crippen LogP contribution in [0.1, 0.15) is 11.1 Å². The molecule has 3 N–H and O–H groups in total. The summed E-state index contributed by atoms with van der Waals surface area (Å²) in [6.45, 7) is 2.14. The van der Waals surface area contributed by atoms with Gasteiger partial charge >= 0.3 is 12.2 Å². The molecule has 5 nitrogen and oxygen atoms in total. The van der Waals surface area contributed by atoms with E-state index in [1.807, 2.05) is 26.0 Å². The minimum atomic E-state index is -4.52. The Balaban J connectivity index is 2.37. The van der Waals surface area contributed by atoms with Gasteiger partial charge in [0.05, 0.1) is 6.54 Å². The number of nitrogens with one attached hydrogen (secondary N) is 3. The van der Waals surface area contributed by atoms with Crippen molar-refractivity contribution in [3.8, 4) is 0 Å². The van der Waals surface area contributed by atoms with Crippen LogP contribution in [0, 0.1) is 13.8 Å². The quantitative estimate of drug-likeness (QED) is 0.798. The molecule has 0 aromatic heterocycles. The van der Waals surface area contributed by atoms with Crippen LogP contribution >= 0.6 is 0 Å². The third-order valence-corrected chi connectivity index (χ3v) is 2.66. The molecule has 0 saturated heterocycles. The summed E-state index contributed by atoms with van der Waals surface area (Å²) >= 11 is 0. The molecule has 0 fully saturated rings. The Morgan fingerprint density at radius 2 is 1.81 bits per heavy atom. The summed E-state index contributed by atoms with van der Waals surface area (Å²) in [5.41, 5.74) is 2.81. The zero-order chi connectivity index (χ0) is 16.0. The van der Waals surface area contributed by atoms with Crippen LogP contribution in [0.15, 0.2) is 18.2 Å². The second kappa shape index (κ2) is 6.96. The molecule has 0 heterocycles. The number of aryl methyl sites for hydroxylation is 2. The maximum Gasteiger partial charge on any atom is 0.405 e. The van der Waals surface area contributed by atoms with Gasteiger partial charge in [-0.15, -0.1) is 0 Å². The number of urea groups is 1. The molecule has 0 unspecified atom stereocenters. The van der Waals surface area contributed by atoms with Gasteiger partial charge in [-0.05, 0) is 37.1 Å². The Kier molecular flexibility index (Phi) is 5.57. The second-order valence-electron chi connectivity index (χ2n) is 4.50. The van der Waals surface area contributed by atoms with Crippen molar-refractivity contribution in [1.29, 1.82) is 0 Å². The van der Waals surface area contributed by atoms with Gasteiger partial charge in [0.1, 0.15) is 6.54 Å². The van der Waals surface area contributed by atoms with Gasteiger partial charge in [0, 0.05) is 5.69 Å². The van der Waals surface area contributed by atoms with Crippen LogP contribution in [0.2, 0.25) is 0 Å². The molecule has 21 heavy (non-hydrogen) atoms. The number of alkyl halides is 3. The number of hydrogen-bond acceptors (Lipinski definition) is 3. The number of rotatable bonds is 4. The molecule has 0 radical (unpaired) electrons. The van der Waals surface area contributed by atoms with Gasteiger partial charge < -0.3 is 10.6 Å². The number of amides is 3. The smallest absolute Gasteiger partial charge is 0.376 e. The molecular weight excluding hydrogens is 287 g/mol. The molecule has 0 saturated carbocycles. The third-order valence-electron chi connectivity index (χ3n) is 2.66. The van der Waals surface area contributed by atoms with Gasteiger partial charge in [0.15, 0.2) is 0 Å². The van der Waals surface area contributed by atoms with Crippen LogP contribution in [0.25, 0.3) is 0 Å². The minimum Gasteiger partial charge on any atom is -0.376 e. The molecule has 1 aromatic carbocycles. The maximum atomic E-state index is 11.9. The Labute approximate surface area is 119 Å². The first kappa shape index (κ1) is 16.8. The second-order valence-corrected chi connectivity index (χ2v) is 4.50. The van der Waals surface area contributed by atoms with Gasteiger partial charge in [-0.2, -0.15) is 13.2 Å². The Morgan fingerprint density at radius 3 is 2.38 bits per heavy atom. The first-order valence-corrected chi connectivity index (χ1v) is 6.13. The van der Waals surface area contributed by atoms with Crippen molar-refractivity contribution >= 4 is 17.6 Å². The largest absolute Gasteiger partial charge is 0.405 e. The molecule has 1 aromatic rings. The SMILES string of the molecule is Cc1ccc(NCC(=O)NC(=O)NCC(F)(F)F)cc1C. The van der Waals surface area contributed by atoms with Crippen molar-refractivity contribution in [1.82, 2.24) is 10.6 Å². The van der Waals surface area contributed by atoms with E-state index in [0.717, 1.165) is 11.1 Å². The zero-order valence-corrected chi connectivity index (χ0v) is 11.6. The zero-order valence-electron chi connectivity index (χ0n) is 11.6. The van der Waals surface area contributed by atoms with Crippen molar-refractivity contribution in [2.75, 3.05) is 18.4 Å². The number of halogens is 3. The fourth-order valence-electron chi connectivity index (χ4n) is 1.43. The van der Waals surface area contributed by atoms with E-state index >= 15 is 0 Å². The normalized spacial score (nSPS) is 10.9. The van der Waals surface area contributed by atoms with Crippen LogP contribution in [0.4, 0.5) is 23.7 Å². The minimum absolute atomic E-state index is 0.220. The molecule has 0 aliphatic rings. The number of hydrogen-bond donors (Lipinski definition) is 3. The fraction of sp³-hybridized carbons (Fsp3) is 0.385. The summed E-state index contributed by atoms with van der Waals surface area (Å²) in [7, 11) is 0. The monoisotopic (exact) mass is 303 g/mol. The van der Waals surface area contributed by atoms with E-state index in [2.05, 4.69) is 5.32 Å². The number of carbonyl (C=O) groups excluding carboxylic acids is 2. The highest BCUT2D eigenvalue weighted by Gasteiger charge is 2.27. The van der Waals surface area contributed by atoms with Crippen LogP contribution in [0.3, 0.4) is 0 Å². The van der Waals surface area contributed by atoms with E-state index in [1.54, 1.807) is 16.7 Å². The van der Waals surface area contributed by atoms with E-state index in [9.17, 15) is 22.8 Å². The first-order valence-electron chi connectivity index (χ1n) is 6.13. The molecule has 8 heteroatoms. The fourth-order valence-corrected chi connectivity index (χ4v) is 1.43. The maximum absolute atomic E-state index is 11.9. The highest BCUT2D eigenvalue weighted by molar-refractivity contribution is 5.96. The number of benzene rings is 1. The molecule has 0 atom stereocenters. The average molecular weight is 303 g/mol. The van der Waals surface area contributed by atoms with Crippen molar-refractivity contribution in [3.05, 3.63) is 29.3 Å². The van der Waals surface area contributed by atoms with E-state index < -0.39 is 24.7 Å².